The Morgan fingerprint density at radius 3 is 2.38 bits per heavy atom. The number of hydrogen-bond donors (Lipinski definition) is 3. The number of aliphatic hydroxyl groups is 2. The van der Waals surface area contributed by atoms with Gasteiger partial charge in [-0.25, -0.2) is 4.79 Å². The summed E-state index contributed by atoms with van der Waals surface area (Å²) in [7, 11) is 0. The van der Waals surface area contributed by atoms with Crippen molar-refractivity contribution in [2.75, 3.05) is 33.2 Å². The third kappa shape index (κ3) is 7.57. The first-order valence-corrected chi connectivity index (χ1v) is 7.57. The van der Waals surface area contributed by atoms with Gasteiger partial charge >= 0.3 is 5.97 Å². The fourth-order valence-electron chi connectivity index (χ4n) is 1.96. The van der Waals surface area contributed by atoms with Crippen molar-refractivity contribution in [1.82, 2.24) is 0 Å². The van der Waals surface area contributed by atoms with Crippen molar-refractivity contribution in [1.29, 1.82) is 0 Å². The van der Waals surface area contributed by atoms with E-state index in [0.717, 1.165) is 25.7 Å². The SMILES string of the molecule is CC/C=C/CCCCOCC[N+](CO)(CO)C(C)C(=O)O. The molecule has 0 fully saturated rings. The number of nitrogens with zero attached hydrogens (tertiary/aromatic N) is 1. The first-order valence-electron chi connectivity index (χ1n) is 7.57. The lowest BCUT2D eigenvalue weighted by Crippen LogP contribution is -2.59. The van der Waals surface area contributed by atoms with E-state index in [1.807, 2.05) is 0 Å². The molecule has 1 atom stereocenters. The Hall–Kier alpha value is -0.950. The summed E-state index contributed by atoms with van der Waals surface area (Å²) in [6.07, 6.45) is 8.40. The zero-order valence-corrected chi connectivity index (χ0v) is 13.2. The normalized spacial score (nSPS) is 13.7. The topological polar surface area (TPSA) is 87.0 Å². The van der Waals surface area contributed by atoms with E-state index in [1.54, 1.807) is 0 Å². The number of carboxylic acid groups (broad SMARTS) is 1. The number of quaternary nitrogens is 1. The number of allylic oxidation sites excluding steroid dienone is 2. The summed E-state index contributed by atoms with van der Waals surface area (Å²) in [5.41, 5.74) is 0. The fourth-order valence-corrected chi connectivity index (χ4v) is 1.96. The van der Waals surface area contributed by atoms with E-state index < -0.39 is 25.5 Å². The first kappa shape index (κ1) is 20.1. The number of hydrogen-bond acceptors (Lipinski definition) is 4. The second-order valence-electron chi connectivity index (χ2n) is 5.23. The molecule has 6 nitrogen and oxygen atoms in total. The Balaban J connectivity index is 3.95. The van der Waals surface area contributed by atoms with Gasteiger partial charge in [0.15, 0.2) is 19.5 Å². The van der Waals surface area contributed by atoms with Crippen LogP contribution in [0.15, 0.2) is 12.2 Å². The van der Waals surface area contributed by atoms with Gasteiger partial charge in [-0.3, -0.25) is 4.48 Å². The van der Waals surface area contributed by atoms with Crippen LogP contribution < -0.4 is 0 Å². The highest BCUT2D eigenvalue weighted by Gasteiger charge is 2.37. The van der Waals surface area contributed by atoms with Crippen molar-refractivity contribution in [3.05, 3.63) is 12.2 Å². The summed E-state index contributed by atoms with van der Waals surface area (Å²) in [5, 5.41) is 27.8. The number of aliphatic hydroxyl groups excluding tert-OH is 2. The lowest BCUT2D eigenvalue weighted by Gasteiger charge is -2.37. The monoisotopic (exact) mass is 304 g/mol. The van der Waals surface area contributed by atoms with Gasteiger partial charge < -0.3 is 20.1 Å². The average molecular weight is 304 g/mol. The highest BCUT2D eigenvalue weighted by atomic mass is 16.5. The molecule has 0 rings (SSSR count). The second-order valence-corrected chi connectivity index (χ2v) is 5.23. The van der Waals surface area contributed by atoms with E-state index in [2.05, 4.69) is 19.1 Å². The van der Waals surface area contributed by atoms with Crippen LogP contribution in [0.2, 0.25) is 0 Å². The molecular formula is C15H30NO5+. The summed E-state index contributed by atoms with van der Waals surface area (Å²) in [4.78, 5) is 11.0. The molecule has 0 bridgehead atoms. The van der Waals surface area contributed by atoms with E-state index in [1.165, 1.54) is 6.92 Å². The molecule has 0 radical (unpaired) electrons. The molecule has 0 saturated carbocycles. The van der Waals surface area contributed by atoms with Crippen LogP contribution in [0.1, 0.15) is 39.5 Å². The van der Waals surface area contributed by atoms with Gasteiger partial charge in [0.1, 0.15) is 6.54 Å². The van der Waals surface area contributed by atoms with E-state index in [0.29, 0.717) is 13.2 Å². The van der Waals surface area contributed by atoms with Crippen LogP contribution in [0.5, 0.6) is 0 Å². The highest BCUT2D eigenvalue weighted by molar-refractivity contribution is 5.71. The molecule has 0 aromatic carbocycles. The molecule has 0 amide bonds. The Morgan fingerprint density at radius 2 is 1.86 bits per heavy atom. The largest absolute Gasteiger partial charge is 0.477 e. The minimum absolute atomic E-state index is 0.274. The van der Waals surface area contributed by atoms with Crippen LogP contribution in [-0.4, -0.2) is 65.0 Å². The summed E-state index contributed by atoms with van der Waals surface area (Å²) >= 11 is 0. The van der Waals surface area contributed by atoms with Gasteiger partial charge in [0.25, 0.3) is 0 Å². The van der Waals surface area contributed by atoms with E-state index >= 15 is 0 Å². The maximum absolute atomic E-state index is 11.0. The molecule has 0 aliphatic rings. The Labute approximate surface area is 127 Å². The third-order valence-electron chi connectivity index (χ3n) is 3.74. The third-order valence-corrected chi connectivity index (χ3v) is 3.74. The standard InChI is InChI=1S/C15H29NO5/c1-3-4-5-6-7-8-10-21-11-9-16(12-17,13-18)14(2)15(19)20/h4-5,14,17-18H,3,6-13H2,1-2H3/p+1/b5-4+. The molecule has 0 heterocycles. The lowest BCUT2D eigenvalue weighted by molar-refractivity contribution is -0.974. The first-order chi connectivity index (χ1) is 10.0. The van der Waals surface area contributed by atoms with Gasteiger partial charge in [-0.1, -0.05) is 19.1 Å². The van der Waals surface area contributed by atoms with Gasteiger partial charge in [-0.2, -0.15) is 0 Å². The fraction of sp³-hybridized carbons (Fsp3) is 0.800. The molecule has 1 unspecified atom stereocenters. The van der Waals surface area contributed by atoms with E-state index in [9.17, 15) is 15.0 Å². The molecule has 0 aliphatic carbocycles. The molecule has 0 aliphatic heterocycles. The number of ether oxygens (including phenoxy) is 1. The molecule has 0 spiro atoms. The highest BCUT2D eigenvalue weighted by Crippen LogP contribution is 2.12. The van der Waals surface area contributed by atoms with Crippen LogP contribution in [0.4, 0.5) is 0 Å². The Kier molecular flexibility index (Phi) is 11.2. The maximum atomic E-state index is 11.0. The van der Waals surface area contributed by atoms with Crippen molar-refractivity contribution < 1.29 is 29.3 Å². The van der Waals surface area contributed by atoms with Gasteiger partial charge in [0.05, 0.1) is 6.61 Å². The zero-order chi connectivity index (χ0) is 16.1. The van der Waals surface area contributed by atoms with Gasteiger partial charge in [-0.15, -0.1) is 0 Å². The number of carbonyl (C=O) groups is 1. The minimum atomic E-state index is -1.04. The van der Waals surface area contributed by atoms with Crippen LogP contribution in [0.3, 0.4) is 0 Å². The average Bonchev–Trinajstić information content (AvgIpc) is 2.49. The van der Waals surface area contributed by atoms with E-state index in [4.69, 9.17) is 9.84 Å². The molecule has 21 heavy (non-hydrogen) atoms. The lowest BCUT2D eigenvalue weighted by atomic mass is 10.2. The molecule has 124 valence electrons. The smallest absolute Gasteiger partial charge is 0.362 e. The van der Waals surface area contributed by atoms with Crippen LogP contribution in [0, 0.1) is 0 Å². The van der Waals surface area contributed by atoms with Crippen LogP contribution in [-0.2, 0) is 9.53 Å². The summed E-state index contributed by atoms with van der Waals surface area (Å²) in [5.74, 6) is -1.04. The predicted octanol–water partition coefficient (Wildman–Crippen LogP) is 1.33. The minimum Gasteiger partial charge on any atom is -0.477 e. The van der Waals surface area contributed by atoms with Crippen molar-refractivity contribution in [2.45, 2.75) is 45.6 Å². The van der Waals surface area contributed by atoms with Crippen molar-refractivity contribution >= 4 is 5.97 Å². The molecule has 6 heteroatoms. The number of rotatable bonds is 13. The molecule has 0 aromatic heterocycles. The van der Waals surface area contributed by atoms with Crippen molar-refractivity contribution in [3.8, 4) is 0 Å². The second kappa shape index (κ2) is 11.7. The molecule has 0 aromatic rings. The Morgan fingerprint density at radius 1 is 1.19 bits per heavy atom. The number of carboxylic acids is 1. The quantitative estimate of drug-likeness (QED) is 0.207. The number of unbranched alkanes of at least 4 members (excludes halogenated alkanes) is 2. The Bertz CT molecular complexity index is 302. The summed E-state index contributed by atoms with van der Waals surface area (Å²) in [6.45, 7) is 3.95. The van der Waals surface area contributed by atoms with Crippen molar-refractivity contribution in [2.24, 2.45) is 0 Å². The zero-order valence-electron chi connectivity index (χ0n) is 13.2. The van der Waals surface area contributed by atoms with Gasteiger partial charge in [-0.05, 0) is 32.6 Å². The van der Waals surface area contributed by atoms with E-state index in [-0.39, 0.29) is 11.0 Å². The maximum Gasteiger partial charge on any atom is 0.362 e. The number of aliphatic carboxylic acids is 1. The van der Waals surface area contributed by atoms with Gasteiger partial charge in [0, 0.05) is 6.61 Å². The molecule has 0 saturated heterocycles. The van der Waals surface area contributed by atoms with Crippen LogP contribution in [0.25, 0.3) is 0 Å². The summed E-state index contributed by atoms with van der Waals surface area (Å²) in [6, 6.07) is -0.872. The molecule has 3 N–H and O–H groups in total. The summed E-state index contributed by atoms with van der Waals surface area (Å²) < 4.78 is 5.18. The predicted molar refractivity (Wildman–Crippen MR) is 80.5 cm³/mol. The van der Waals surface area contributed by atoms with Crippen molar-refractivity contribution in [3.63, 3.8) is 0 Å². The van der Waals surface area contributed by atoms with Gasteiger partial charge in [0.2, 0.25) is 0 Å². The van der Waals surface area contributed by atoms with Crippen LogP contribution >= 0.6 is 0 Å². The molecular weight excluding hydrogens is 274 g/mol.